The van der Waals surface area contributed by atoms with Crippen molar-refractivity contribution in [3.63, 3.8) is 0 Å². The largest absolute Gasteiger partial charge is 0.378 e. The van der Waals surface area contributed by atoms with Crippen molar-refractivity contribution in [1.29, 1.82) is 0 Å². The topological polar surface area (TPSA) is 101 Å². The summed E-state index contributed by atoms with van der Waals surface area (Å²) in [6.45, 7) is 3.04. The van der Waals surface area contributed by atoms with Gasteiger partial charge in [0.05, 0.1) is 23.4 Å². The molecule has 0 spiro atoms. The van der Waals surface area contributed by atoms with Gasteiger partial charge in [0, 0.05) is 37.2 Å². The Labute approximate surface area is 191 Å². The van der Waals surface area contributed by atoms with Crippen LogP contribution in [0.15, 0.2) is 53.9 Å². The van der Waals surface area contributed by atoms with E-state index < -0.39 is 10.0 Å². The lowest BCUT2D eigenvalue weighted by atomic mass is 10.2. The molecule has 8 nitrogen and oxygen atoms in total. The van der Waals surface area contributed by atoms with E-state index in [-0.39, 0.29) is 18.9 Å². The Morgan fingerprint density at radius 3 is 2.72 bits per heavy atom. The van der Waals surface area contributed by atoms with Gasteiger partial charge in [-0.25, -0.2) is 18.1 Å². The van der Waals surface area contributed by atoms with Crippen molar-refractivity contribution in [3.05, 3.63) is 59.5 Å². The number of hydrogen-bond donors (Lipinski definition) is 2. The number of thiazole rings is 1. The fraction of sp³-hybridized carbons (Fsp3) is 0.273. The third-order valence-electron chi connectivity index (χ3n) is 4.84. The average Bonchev–Trinajstić information content (AvgIpc) is 3.22. The second-order valence-corrected chi connectivity index (χ2v) is 9.89. The highest BCUT2D eigenvalue weighted by molar-refractivity contribution is 7.92. The molecule has 168 valence electrons. The Bertz CT molecular complexity index is 1200. The van der Waals surface area contributed by atoms with Crippen molar-refractivity contribution in [2.75, 3.05) is 43.1 Å². The molecule has 1 saturated heterocycles. The molecule has 2 N–H and O–H groups in total. The average molecular weight is 473 g/mol. The molecule has 1 amide bonds. The summed E-state index contributed by atoms with van der Waals surface area (Å²) in [4.78, 5) is 19.1. The molecule has 4 rings (SSSR count). The SMILES string of the molecule is O=C(CCNS(=O)(=O)/C=C/c1ccccc1)Nc1ccc2nc(N3CCOCC3)sc2c1. The third-order valence-corrected chi connectivity index (χ3v) is 7.02. The molecule has 0 unspecified atom stereocenters. The molecule has 0 aliphatic carbocycles. The first kappa shape index (κ1) is 22.4. The zero-order chi connectivity index (χ0) is 22.4. The summed E-state index contributed by atoms with van der Waals surface area (Å²) in [5.41, 5.74) is 2.32. The first-order valence-corrected chi connectivity index (χ1v) is 12.6. The minimum atomic E-state index is -3.62. The summed E-state index contributed by atoms with van der Waals surface area (Å²) in [6, 6.07) is 14.7. The number of rotatable bonds is 8. The van der Waals surface area contributed by atoms with Crippen molar-refractivity contribution in [2.45, 2.75) is 6.42 Å². The highest BCUT2D eigenvalue weighted by Crippen LogP contribution is 2.31. The maximum absolute atomic E-state index is 12.3. The molecule has 1 aliphatic heterocycles. The summed E-state index contributed by atoms with van der Waals surface area (Å²) in [5.74, 6) is -0.267. The van der Waals surface area contributed by atoms with Crippen molar-refractivity contribution in [3.8, 4) is 0 Å². The zero-order valence-electron chi connectivity index (χ0n) is 17.4. The highest BCUT2D eigenvalue weighted by Gasteiger charge is 2.16. The summed E-state index contributed by atoms with van der Waals surface area (Å²) >= 11 is 1.58. The van der Waals surface area contributed by atoms with E-state index in [1.807, 2.05) is 42.5 Å². The number of sulfonamides is 1. The monoisotopic (exact) mass is 472 g/mol. The normalized spacial score (nSPS) is 14.8. The van der Waals surface area contributed by atoms with E-state index in [4.69, 9.17) is 4.74 Å². The maximum Gasteiger partial charge on any atom is 0.233 e. The van der Waals surface area contributed by atoms with E-state index in [2.05, 4.69) is 19.9 Å². The van der Waals surface area contributed by atoms with Crippen LogP contribution in [-0.2, 0) is 19.6 Å². The Morgan fingerprint density at radius 2 is 1.94 bits per heavy atom. The number of hydrogen-bond acceptors (Lipinski definition) is 7. The summed E-state index contributed by atoms with van der Waals surface area (Å²) in [7, 11) is -3.62. The molecule has 1 aromatic heterocycles. The van der Waals surface area contributed by atoms with Crippen LogP contribution in [-0.4, -0.2) is 52.2 Å². The summed E-state index contributed by atoms with van der Waals surface area (Å²) < 4.78 is 32.9. The first-order valence-electron chi connectivity index (χ1n) is 10.2. The third kappa shape index (κ3) is 6.13. The molecule has 1 aliphatic rings. The van der Waals surface area contributed by atoms with Gasteiger partial charge in [-0.2, -0.15) is 0 Å². The van der Waals surface area contributed by atoms with Gasteiger partial charge in [0.2, 0.25) is 15.9 Å². The molecule has 3 aromatic rings. The predicted octanol–water partition coefficient (Wildman–Crippen LogP) is 3.05. The van der Waals surface area contributed by atoms with Gasteiger partial charge in [-0.15, -0.1) is 0 Å². The van der Waals surface area contributed by atoms with Crippen LogP contribution in [0.5, 0.6) is 0 Å². The minimum Gasteiger partial charge on any atom is -0.378 e. The Hall–Kier alpha value is -2.79. The lowest BCUT2D eigenvalue weighted by Gasteiger charge is -2.25. The Kier molecular flexibility index (Phi) is 7.15. The van der Waals surface area contributed by atoms with E-state index >= 15 is 0 Å². The van der Waals surface area contributed by atoms with E-state index in [9.17, 15) is 13.2 Å². The van der Waals surface area contributed by atoms with E-state index in [0.29, 0.717) is 18.9 Å². The number of amides is 1. The molecule has 0 saturated carbocycles. The van der Waals surface area contributed by atoms with Crippen molar-refractivity contribution < 1.29 is 17.9 Å². The number of carbonyl (C=O) groups is 1. The Balaban J connectivity index is 1.29. The van der Waals surface area contributed by atoms with Gasteiger partial charge in [0.15, 0.2) is 5.13 Å². The van der Waals surface area contributed by atoms with Gasteiger partial charge >= 0.3 is 0 Å². The van der Waals surface area contributed by atoms with Gasteiger partial charge in [0.25, 0.3) is 0 Å². The molecule has 0 radical (unpaired) electrons. The van der Waals surface area contributed by atoms with Gasteiger partial charge in [0.1, 0.15) is 0 Å². The van der Waals surface area contributed by atoms with Gasteiger partial charge in [-0.3, -0.25) is 4.79 Å². The number of benzene rings is 2. The van der Waals surface area contributed by atoms with Gasteiger partial charge in [-0.1, -0.05) is 41.7 Å². The lowest BCUT2D eigenvalue weighted by molar-refractivity contribution is -0.116. The van der Waals surface area contributed by atoms with E-state index in [1.165, 1.54) is 6.08 Å². The molecule has 2 heterocycles. The number of morpholine rings is 1. The smallest absolute Gasteiger partial charge is 0.233 e. The molecule has 1 fully saturated rings. The fourth-order valence-electron chi connectivity index (χ4n) is 3.19. The second-order valence-electron chi connectivity index (χ2n) is 7.23. The molecule has 0 atom stereocenters. The van der Waals surface area contributed by atoms with Gasteiger partial charge in [-0.05, 0) is 29.8 Å². The number of anilines is 2. The Morgan fingerprint density at radius 1 is 1.16 bits per heavy atom. The number of ether oxygens (including phenoxy) is 1. The minimum absolute atomic E-state index is 0.0112. The zero-order valence-corrected chi connectivity index (χ0v) is 19.0. The summed E-state index contributed by atoms with van der Waals surface area (Å²) in [5, 5.41) is 4.87. The number of nitrogens with zero attached hydrogens (tertiary/aromatic N) is 2. The lowest BCUT2D eigenvalue weighted by Crippen LogP contribution is -2.36. The molecular formula is C22H24N4O4S2. The van der Waals surface area contributed by atoms with Crippen LogP contribution in [0.25, 0.3) is 16.3 Å². The van der Waals surface area contributed by atoms with Crippen LogP contribution in [0.2, 0.25) is 0 Å². The number of fused-ring (bicyclic) bond motifs is 1. The van der Waals surface area contributed by atoms with Crippen LogP contribution in [0.1, 0.15) is 12.0 Å². The van der Waals surface area contributed by atoms with Crippen LogP contribution < -0.4 is 14.9 Å². The summed E-state index contributed by atoms with van der Waals surface area (Å²) in [6.07, 6.45) is 1.54. The first-order chi connectivity index (χ1) is 15.5. The van der Waals surface area contributed by atoms with Crippen molar-refractivity contribution >= 4 is 54.4 Å². The highest BCUT2D eigenvalue weighted by atomic mass is 32.2. The van der Waals surface area contributed by atoms with Crippen molar-refractivity contribution in [1.82, 2.24) is 9.71 Å². The maximum atomic E-state index is 12.3. The standard InChI is InChI=1S/C22H24N4O4S2/c27-21(8-10-23-32(28,29)15-9-17-4-2-1-3-5-17)24-18-6-7-19-20(16-18)31-22(25-19)26-11-13-30-14-12-26/h1-7,9,15-16,23H,8,10-14H2,(H,24,27)/b15-9+. The van der Waals surface area contributed by atoms with Gasteiger partial charge < -0.3 is 15.0 Å². The molecular weight excluding hydrogens is 448 g/mol. The molecule has 2 aromatic carbocycles. The van der Waals surface area contributed by atoms with Crippen LogP contribution in [0.4, 0.5) is 10.8 Å². The molecule has 10 heteroatoms. The number of carbonyl (C=O) groups excluding carboxylic acids is 1. The number of nitrogens with one attached hydrogen (secondary N) is 2. The molecule has 32 heavy (non-hydrogen) atoms. The van der Waals surface area contributed by atoms with Crippen LogP contribution >= 0.6 is 11.3 Å². The van der Waals surface area contributed by atoms with E-state index in [1.54, 1.807) is 17.4 Å². The van der Waals surface area contributed by atoms with E-state index in [0.717, 1.165) is 39.4 Å². The quantitative estimate of drug-likeness (QED) is 0.523. The van der Waals surface area contributed by atoms with Crippen LogP contribution in [0.3, 0.4) is 0 Å². The van der Waals surface area contributed by atoms with Crippen LogP contribution in [0, 0.1) is 0 Å². The predicted molar refractivity (Wildman–Crippen MR) is 128 cm³/mol. The molecule has 0 bridgehead atoms. The number of aromatic nitrogens is 1. The fourth-order valence-corrected chi connectivity index (χ4v) is 5.07. The van der Waals surface area contributed by atoms with Crippen molar-refractivity contribution in [2.24, 2.45) is 0 Å². The second kappa shape index (κ2) is 10.2.